The van der Waals surface area contributed by atoms with Crippen molar-refractivity contribution in [3.8, 4) is 0 Å². The molecule has 3 rings (SSSR count). The molecule has 9 nitrogen and oxygen atoms in total. The summed E-state index contributed by atoms with van der Waals surface area (Å²) in [6.45, 7) is 3.95. The van der Waals surface area contributed by atoms with Crippen molar-refractivity contribution >= 4 is 33.9 Å². The van der Waals surface area contributed by atoms with Crippen LogP contribution in [0.2, 0.25) is 0 Å². The summed E-state index contributed by atoms with van der Waals surface area (Å²) in [7, 11) is 0. The van der Waals surface area contributed by atoms with E-state index in [2.05, 4.69) is 20.6 Å². The number of hydrogen-bond acceptors (Lipinski definition) is 6. The number of aromatic nitrogens is 2. The third-order valence-electron chi connectivity index (χ3n) is 4.18. The Hall–Kier alpha value is -3.75. The number of H-pyrrole nitrogens is 1. The molecule has 0 aliphatic rings. The molecule has 144 valence electrons. The highest BCUT2D eigenvalue weighted by Gasteiger charge is 2.17. The van der Waals surface area contributed by atoms with Gasteiger partial charge in [-0.1, -0.05) is 26.0 Å². The first kappa shape index (κ1) is 19.0. The number of anilines is 2. The summed E-state index contributed by atoms with van der Waals surface area (Å²) < 4.78 is 0. The highest BCUT2D eigenvalue weighted by molar-refractivity contribution is 5.92. The van der Waals surface area contributed by atoms with Crippen LogP contribution in [0.1, 0.15) is 19.4 Å². The molecular weight excluding hydrogens is 362 g/mol. The summed E-state index contributed by atoms with van der Waals surface area (Å²) in [6, 6.07) is 9.88. The third-order valence-corrected chi connectivity index (χ3v) is 4.18. The number of nitro benzene ring substituents is 1. The number of carbonyl (C=O) groups excluding carboxylic acids is 1. The molecule has 0 aliphatic carbocycles. The number of rotatable bonds is 6. The SMILES string of the molecule is CC(C)C(=O)Nc1ccc(CNc2cc3nc[nH]c(=O)c3cc2[N+](=O)[O-])cc1. The summed E-state index contributed by atoms with van der Waals surface area (Å²) >= 11 is 0. The van der Waals surface area contributed by atoms with Crippen molar-refractivity contribution in [1.29, 1.82) is 0 Å². The van der Waals surface area contributed by atoms with Crippen LogP contribution in [-0.4, -0.2) is 20.8 Å². The molecule has 0 saturated carbocycles. The van der Waals surface area contributed by atoms with E-state index in [1.807, 2.05) is 26.0 Å². The maximum atomic E-state index is 11.8. The monoisotopic (exact) mass is 381 g/mol. The number of nitrogens with zero attached hydrogens (tertiary/aromatic N) is 2. The lowest BCUT2D eigenvalue weighted by Gasteiger charge is -2.10. The van der Waals surface area contributed by atoms with E-state index in [-0.39, 0.29) is 28.6 Å². The number of nitrogens with one attached hydrogen (secondary N) is 3. The molecule has 0 radical (unpaired) electrons. The molecule has 0 saturated heterocycles. The van der Waals surface area contributed by atoms with Gasteiger partial charge in [0.2, 0.25) is 5.91 Å². The van der Waals surface area contributed by atoms with E-state index in [4.69, 9.17) is 0 Å². The van der Waals surface area contributed by atoms with E-state index in [1.165, 1.54) is 18.5 Å². The lowest BCUT2D eigenvalue weighted by Crippen LogP contribution is -2.17. The number of aromatic amines is 1. The number of amides is 1. The second-order valence-electron chi connectivity index (χ2n) is 6.57. The van der Waals surface area contributed by atoms with E-state index in [1.54, 1.807) is 12.1 Å². The van der Waals surface area contributed by atoms with E-state index in [0.717, 1.165) is 5.56 Å². The maximum absolute atomic E-state index is 11.8. The van der Waals surface area contributed by atoms with Gasteiger partial charge < -0.3 is 15.6 Å². The molecule has 9 heteroatoms. The zero-order valence-corrected chi connectivity index (χ0v) is 15.4. The molecule has 0 bridgehead atoms. The lowest BCUT2D eigenvalue weighted by atomic mass is 10.1. The van der Waals surface area contributed by atoms with Crippen molar-refractivity contribution in [3.05, 3.63) is 68.8 Å². The Labute approximate surface area is 160 Å². The van der Waals surface area contributed by atoms with Crippen LogP contribution in [0.5, 0.6) is 0 Å². The van der Waals surface area contributed by atoms with Gasteiger partial charge >= 0.3 is 0 Å². The van der Waals surface area contributed by atoms with Crippen LogP contribution in [0.25, 0.3) is 10.9 Å². The van der Waals surface area contributed by atoms with Crippen LogP contribution in [0.3, 0.4) is 0 Å². The van der Waals surface area contributed by atoms with Gasteiger partial charge in [-0.25, -0.2) is 4.98 Å². The van der Waals surface area contributed by atoms with Gasteiger partial charge in [0.15, 0.2) is 0 Å². The van der Waals surface area contributed by atoms with E-state index in [0.29, 0.717) is 17.7 Å². The zero-order chi connectivity index (χ0) is 20.3. The summed E-state index contributed by atoms with van der Waals surface area (Å²) in [6.07, 6.45) is 1.25. The fourth-order valence-corrected chi connectivity index (χ4v) is 2.59. The standard InChI is InChI=1S/C19H19N5O4/c1-11(2)18(25)23-13-5-3-12(4-6-13)9-20-16-8-15-14(7-17(16)24(27)28)19(26)22-10-21-15/h3-8,10-11,20H,9H2,1-2H3,(H,23,25)(H,21,22,26). The average Bonchev–Trinajstić information content (AvgIpc) is 2.67. The Morgan fingerprint density at radius 1 is 1.25 bits per heavy atom. The van der Waals surface area contributed by atoms with E-state index >= 15 is 0 Å². The second-order valence-corrected chi connectivity index (χ2v) is 6.57. The van der Waals surface area contributed by atoms with Crippen molar-refractivity contribution < 1.29 is 9.72 Å². The molecule has 1 aromatic heterocycles. The van der Waals surface area contributed by atoms with E-state index < -0.39 is 10.5 Å². The molecule has 1 heterocycles. The van der Waals surface area contributed by atoms with Crippen LogP contribution in [-0.2, 0) is 11.3 Å². The van der Waals surface area contributed by atoms with Gasteiger partial charge in [-0.15, -0.1) is 0 Å². The summed E-state index contributed by atoms with van der Waals surface area (Å²) in [5.41, 5.74) is 1.56. The fourth-order valence-electron chi connectivity index (χ4n) is 2.59. The van der Waals surface area contributed by atoms with Crippen LogP contribution in [0.15, 0.2) is 47.5 Å². The van der Waals surface area contributed by atoms with E-state index in [9.17, 15) is 19.7 Å². The molecule has 28 heavy (non-hydrogen) atoms. The summed E-state index contributed by atoms with van der Waals surface area (Å²) in [5, 5.41) is 17.4. The molecule has 3 aromatic rings. The van der Waals surface area contributed by atoms with Crippen molar-refractivity contribution in [1.82, 2.24) is 9.97 Å². The second kappa shape index (κ2) is 7.87. The Morgan fingerprint density at radius 2 is 1.96 bits per heavy atom. The summed E-state index contributed by atoms with van der Waals surface area (Å²) in [4.78, 5) is 40.8. The molecule has 0 atom stereocenters. The van der Waals surface area contributed by atoms with Gasteiger partial charge in [-0.2, -0.15) is 0 Å². The van der Waals surface area contributed by atoms with Crippen molar-refractivity contribution in [2.45, 2.75) is 20.4 Å². The third kappa shape index (κ3) is 4.14. The Kier molecular flexibility index (Phi) is 5.35. The normalized spacial score (nSPS) is 10.8. The molecule has 0 unspecified atom stereocenters. The molecule has 2 aromatic carbocycles. The Bertz CT molecular complexity index is 1090. The molecule has 0 spiro atoms. The number of hydrogen-bond donors (Lipinski definition) is 3. The lowest BCUT2D eigenvalue weighted by molar-refractivity contribution is -0.383. The maximum Gasteiger partial charge on any atom is 0.293 e. The van der Waals surface area contributed by atoms with Gasteiger partial charge in [0.05, 0.1) is 22.2 Å². The predicted octanol–water partition coefficient (Wildman–Crippen LogP) is 3.04. The molecule has 1 amide bonds. The van der Waals surface area contributed by atoms with Crippen LogP contribution in [0.4, 0.5) is 17.1 Å². The molecule has 3 N–H and O–H groups in total. The first-order valence-corrected chi connectivity index (χ1v) is 8.64. The minimum atomic E-state index is -0.543. The molecule has 0 fully saturated rings. The highest BCUT2D eigenvalue weighted by atomic mass is 16.6. The van der Waals surface area contributed by atoms with Gasteiger partial charge in [-0.3, -0.25) is 19.7 Å². The van der Waals surface area contributed by atoms with Gasteiger partial charge in [0.1, 0.15) is 5.69 Å². The largest absolute Gasteiger partial charge is 0.375 e. The first-order chi connectivity index (χ1) is 13.3. The van der Waals surface area contributed by atoms with Crippen molar-refractivity contribution in [3.63, 3.8) is 0 Å². The van der Waals surface area contributed by atoms with Crippen LogP contribution in [0, 0.1) is 16.0 Å². The average molecular weight is 381 g/mol. The smallest absolute Gasteiger partial charge is 0.293 e. The number of nitro groups is 1. The number of fused-ring (bicyclic) bond motifs is 1. The van der Waals surface area contributed by atoms with Crippen LogP contribution < -0.4 is 16.2 Å². The highest BCUT2D eigenvalue weighted by Crippen LogP contribution is 2.28. The summed E-state index contributed by atoms with van der Waals surface area (Å²) in [5.74, 6) is -0.184. The van der Waals surface area contributed by atoms with Gasteiger partial charge in [0.25, 0.3) is 11.2 Å². The minimum Gasteiger partial charge on any atom is -0.375 e. The topological polar surface area (TPSA) is 130 Å². The molecule has 0 aliphatic heterocycles. The van der Waals surface area contributed by atoms with Crippen molar-refractivity contribution in [2.75, 3.05) is 10.6 Å². The number of benzene rings is 2. The van der Waals surface area contributed by atoms with Crippen molar-refractivity contribution in [2.24, 2.45) is 5.92 Å². The van der Waals surface area contributed by atoms with Crippen LogP contribution >= 0.6 is 0 Å². The minimum absolute atomic E-state index is 0.0693. The predicted molar refractivity (Wildman–Crippen MR) is 106 cm³/mol. The van der Waals surface area contributed by atoms with Gasteiger partial charge in [-0.05, 0) is 23.8 Å². The zero-order valence-electron chi connectivity index (χ0n) is 15.4. The molecular formula is C19H19N5O4. The Morgan fingerprint density at radius 3 is 2.61 bits per heavy atom. The Balaban J connectivity index is 1.79. The fraction of sp³-hybridized carbons (Fsp3) is 0.211. The number of carbonyl (C=O) groups is 1. The first-order valence-electron chi connectivity index (χ1n) is 8.64. The quantitative estimate of drug-likeness (QED) is 0.444. The van der Waals surface area contributed by atoms with Gasteiger partial charge in [0, 0.05) is 24.2 Å².